The Kier molecular flexibility index (Phi) is 8.00. The van der Waals surface area contributed by atoms with Crippen molar-refractivity contribution < 1.29 is 4.39 Å². The Morgan fingerprint density at radius 1 is 0.857 bits per heavy atom. The molecule has 1 heterocycles. The fraction of sp³-hybridized carbons (Fsp3) is 0.600. The molecule has 0 bridgehead atoms. The summed E-state index contributed by atoms with van der Waals surface area (Å²) in [6.45, 7) is 4.46. The number of nitrogens with zero attached hydrogens (tertiary/aromatic N) is 2. The van der Waals surface area contributed by atoms with Crippen LogP contribution in [0.5, 0.6) is 0 Å². The number of rotatable bonds is 9. The van der Waals surface area contributed by atoms with Crippen molar-refractivity contribution in [1.82, 2.24) is 9.97 Å². The normalized spacial score (nSPS) is 19.7. The van der Waals surface area contributed by atoms with Gasteiger partial charge in [-0.25, -0.2) is 14.4 Å². The van der Waals surface area contributed by atoms with Gasteiger partial charge in [-0.15, -0.1) is 0 Å². The quantitative estimate of drug-likeness (QED) is 0.459. The van der Waals surface area contributed by atoms with Crippen LogP contribution in [0.4, 0.5) is 4.39 Å². The number of benzene rings is 1. The first-order valence-corrected chi connectivity index (χ1v) is 11.3. The van der Waals surface area contributed by atoms with Gasteiger partial charge in [-0.2, -0.15) is 0 Å². The summed E-state index contributed by atoms with van der Waals surface area (Å²) in [5, 5.41) is 0. The summed E-state index contributed by atoms with van der Waals surface area (Å²) < 4.78 is 14.7. The van der Waals surface area contributed by atoms with E-state index in [2.05, 4.69) is 29.9 Å². The highest BCUT2D eigenvalue weighted by atomic mass is 19.1. The molecular weight excluding hydrogens is 347 g/mol. The highest BCUT2D eigenvalue weighted by molar-refractivity contribution is 5.56. The Morgan fingerprint density at radius 3 is 2.14 bits per heavy atom. The van der Waals surface area contributed by atoms with Crippen molar-refractivity contribution in [2.45, 2.75) is 84.5 Å². The van der Waals surface area contributed by atoms with Crippen LogP contribution < -0.4 is 0 Å². The Hall–Kier alpha value is -1.77. The second-order valence-corrected chi connectivity index (χ2v) is 8.55. The van der Waals surface area contributed by atoms with E-state index in [0.717, 1.165) is 48.6 Å². The van der Waals surface area contributed by atoms with Crippen molar-refractivity contribution in [3.8, 4) is 11.4 Å². The van der Waals surface area contributed by atoms with E-state index in [-0.39, 0.29) is 5.82 Å². The number of hydrogen-bond donors (Lipinski definition) is 0. The molecular formula is C25H35FN2. The third kappa shape index (κ3) is 5.86. The van der Waals surface area contributed by atoms with Crippen molar-refractivity contribution in [2.24, 2.45) is 11.8 Å². The van der Waals surface area contributed by atoms with E-state index in [0.29, 0.717) is 11.4 Å². The fourth-order valence-electron chi connectivity index (χ4n) is 4.49. The van der Waals surface area contributed by atoms with Crippen LogP contribution in [0.3, 0.4) is 0 Å². The summed E-state index contributed by atoms with van der Waals surface area (Å²) in [7, 11) is 0. The standard InChI is InChI=1S/C25H35FN2/c1-3-5-7-22-17-27-25(28-18-22)23-15-14-21(16-24(23)26)13-12-20-10-8-19(6-4-2)9-11-20/h14-20H,3-13H2,1-2H3/t19-,20-. The van der Waals surface area contributed by atoms with E-state index >= 15 is 0 Å². The predicted molar refractivity (Wildman–Crippen MR) is 115 cm³/mol. The molecule has 0 radical (unpaired) electrons. The minimum atomic E-state index is -0.203. The second-order valence-electron chi connectivity index (χ2n) is 8.55. The smallest absolute Gasteiger partial charge is 0.162 e. The third-order valence-electron chi connectivity index (χ3n) is 6.30. The van der Waals surface area contributed by atoms with Gasteiger partial charge < -0.3 is 0 Å². The molecule has 0 unspecified atom stereocenters. The summed E-state index contributed by atoms with van der Waals surface area (Å²) >= 11 is 0. The van der Waals surface area contributed by atoms with Gasteiger partial charge in [-0.1, -0.05) is 64.9 Å². The first kappa shape index (κ1) is 21.0. The van der Waals surface area contributed by atoms with Crippen molar-refractivity contribution in [3.63, 3.8) is 0 Å². The van der Waals surface area contributed by atoms with Crippen LogP contribution in [-0.4, -0.2) is 9.97 Å². The van der Waals surface area contributed by atoms with E-state index in [1.54, 1.807) is 6.07 Å². The molecule has 1 fully saturated rings. The summed E-state index contributed by atoms with van der Waals surface area (Å²) in [5.41, 5.74) is 2.72. The maximum Gasteiger partial charge on any atom is 0.162 e. The lowest BCUT2D eigenvalue weighted by molar-refractivity contribution is 0.252. The molecule has 0 spiro atoms. The zero-order chi connectivity index (χ0) is 19.8. The van der Waals surface area contributed by atoms with Gasteiger partial charge >= 0.3 is 0 Å². The summed E-state index contributed by atoms with van der Waals surface area (Å²) in [4.78, 5) is 8.77. The Bertz CT molecular complexity index is 718. The molecule has 28 heavy (non-hydrogen) atoms. The van der Waals surface area contributed by atoms with Gasteiger partial charge in [0.1, 0.15) is 5.82 Å². The van der Waals surface area contributed by atoms with Crippen molar-refractivity contribution in [1.29, 1.82) is 0 Å². The van der Waals surface area contributed by atoms with Crippen molar-refractivity contribution >= 4 is 0 Å². The molecule has 0 saturated heterocycles. The van der Waals surface area contributed by atoms with Gasteiger partial charge in [-0.3, -0.25) is 0 Å². The van der Waals surface area contributed by atoms with Crippen LogP contribution in [0, 0.1) is 17.7 Å². The van der Waals surface area contributed by atoms with Crippen LogP contribution in [0.2, 0.25) is 0 Å². The zero-order valence-electron chi connectivity index (χ0n) is 17.6. The minimum absolute atomic E-state index is 0.203. The van der Waals surface area contributed by atoms with Crippen molar-refractivity contribution in [2.75, 3.05) is 0 Å². The molecule has 0 N–H and O–H groups in total. The topological polar surface area (TPSA) is 25.8 Å². The molecule has 3 heteroatoms. The minimum Gasteiger partial charge on any atom is -0.236 e. The van der Waals surface area contributed by atoms with Gasteiger partial charge in [0.15, 0.2) is 5.82 Å². The van der Waals surface area contributed by atoms with E-state index in [4.69, 9.17) is 0 Å². The van der Waals surface area contributed by atoms with Gasteiger partial charge in [0.25, 0.3) is 0 Å². The zero-order valence-corrected chi connectivity index (χ0v) is 17.6. The Morgan fingerprint density at radius 2 is 1.54 bits per heavy atom. The van der Waals surface area contributed by atoms with E-state index in [1.807, 2.05) is 18.5 Å². The molecule has 3 rings (SSSR count). The Balaban J connectivity index is 1.54. The number of hydrogen-bond acceptors (Lipinski definition) is 2. The molecule has 2 nitrogen and oxygen atoms in total. The average molecular weight is 383 g/mol. The van der Waals surface area contributed by atoms with Gasteiger partial charge in [-0.05, 0) is 60.8 Å². The predicted octanol–water partition coefficient (Wildman–Crippen LogP) is 7.16. The van der Waals surface area contributed by atoms with Gasteiger partial charge in [0, 0.05) is 12.4 Å². The maximum absolute atomic E-state index is 14.7. The largest absolute Gasteiger partial charge is 0.236 e. The van der Waals surface area contributed by atoms with E-state index in [1.165, 1.54) is 44.9 Å². The van der Waals surface area contributed by atoms with Gasteiger partial charge in [0.05, 0.1) is 5.56 Å². The molecule has 1 aromatic heterocycles. The molecule has 1 saturated carbocycles. The lowest BCUT2D eigenvalue weighted by Crippen LogP contribution is -2.15. The maximum atomic E-state index is 14.7. The molecule has 0 aliphatic heterocycles. The van der Waals surface area contributed by atoms with Crippen molar-refractivity contribution in [3.05, 3.63) is 47.5 Å². The van der Waals surface area contributed by atoms with E-state index < -0.39 is 0 Å². The van der Waals surface area contributed by atoms with Crippen LogP contribution >= 0.6 is 0 Å². The van der Waals surface area contributed by atoms with Crippen LogP contribution in [0.15, 0.2) is 30.6 Å². The number of halogens is 1. The first-order valence-electron chi connectivity index (χ1n) is 11.3. The monoisotopic (exact) mass is 382 g/mol. The SMILES string of the molecule is CCCCc1cnc(-c2ccc(CC[C@H]3CC[C@H](CCC)CC3)cc2F)nc1. The van der Waals surface area contributed by atoms with Crippen LogP contribution in [0.1, 0.15) is 82.8 Å². The molecule has 1 aromatic carbocycles. The summed E-state index contributed by atoms with van der Waals surface area (Å²) in [5.74, 6) is 2.05. The Labute approximate surface area is 170 Å². The van der Waals surface area contributed by atoms with Gasteiger partial charge in [0.2, 0.25) is 0 Å². The molecule has 1 aliphatic carbocycles. The van der Waals surface area contributed by atoms with E-state index in [9.17, 15) is 4.39 Å². The molecule has 0 atom stereocenters. The second kappa shape index (κ2) is 10.7. The first-order chi connectivity index (χ1) is 13.7. The number of aryl methyl sites for hydroxylation is 2. The lowest BCUT2D eigenvalue weighted by atomic mass is 9.78. The lowest BCUT2D eigenvalue weighted by Gasteiger charge is -2.28. The number of unbranched alkanes of at least 4 members (excludes halogenated alkanes) is 1. The molecule has 0 amide bonds. The fourth-order valence-corrected chi connectivity index (χ4v) is 4.49. The van der Waals surface area contributed by atoms with Crippen LogP contribution in [-0.2, 0) is 12.8 Å². The average Bonchev–Trinajstić information content (AvgIpc) is 2.72. The molecule has 152 valence electrons. The highest BCUT2D eigenvalue weighted by Crippen LogP contribution is 2.34. The number of aromatic nitrogens is 2. The highest BCUT2D eigenvalue weighted by Gasteiger charge is 2.20. The summed E-state index contributed by atoms with van der Waals surface area (Å²) in [6, 6.07) is 5.59. The molecule has 2 aromatic rings. The third-order valence-corrected chi connectivity index (χ3v) is 6.30. The summed E-state index contributed by atoms with van der Waals surface area (Å²) in [6.07, 6.45) is 17.3. The van der Waals surface area contributed by atoms with Crippen LogP contribution in [0.25, 0.3) is 11.4 Å². The molecule has 1 aliphatic rings.